The second-order valence-corrected chi connectivity index (χ2v) is 5.81. The zero-order valence-electron chi connectivity index (χ0n) is 12.9. The van der Waals surface area contributed by atoms with Gasteiger partial charge in [-0.15, -0.1) is 0 Å². The fourth-order valence-electron chi connectivity index (χ4n) is 2.97. The van der Waals surface area contributed by atoms with Crippen LogP contribution < -0.4 is 11.0 Å². The first kappa shape index (κ1) is 15.5. The van der Waals surface area contributed by atoms with Crippen LogP contribution in [-0.4, -0.2) is 38.6 Å². The van der Waals surface area contributed by atoms with E-state index in [1.807, 2.05) is 18.2 Å². The Hall–Kier alpha value is -2.41. The molecule has 0 aliphatic carbocycles. The van der Waals surface area contributed by atoms with Gasteiger partial charge in [-0.1, -0.05) is 36.8 Å². The van der Waals surface area contributed by atoms with Crippen LogP contribution in [0.5, 0.6) is 0 Å². The van der Waals surface area contributed by atoms with Crippen molar-refractivity contribution in [1.29, 1.82) is 0 Å². The molecular formula is C16H21N5O2. The zero-order chi connectivity index (χ0) is 16.1. The Bertz CT molecular complexity index is 694. The number of H-pyrrole nitrogens is 2. The second-order valence-electron chi connectivity index (χ2n) is 5.81. The van der Waals surface area contributed by atoms with Crippen molar-refractivity contribution in [2.75, 3.05) is 6.54 Å². The first-order chi connectivity index (χ1) is 11.2. The van der Waals surface area contributed by atoms with Crippen molar-refractivity contribution in [3.05, 3.63) is 52.2 Å². The highest BCUT2D eigenvalue weighted by Crippen LogP contribution is 2.19. The van der Waals surface area contributed by atoms with Crippen LogP contribution in [0, 0.1) is 0 Å². The molecule has 1 aromatic heterocycles. The second kappa shape index (κ2) is 7.23. The van der Waals surface area contributed by atoms with Gasteiger partial charge in [0, 0.05) is 6.54 Å². The van der Waals surface area contributed by atoms with E-state index in [0.717, 1.165) is 32.4 Å². The summed E-state index contributed by atoms with van der Waals surface area (Å²) in [5.74, 6) is 0.429. The lowest BCUT2D eigenvalue weighted by Crippen LogP contribution is -2.48. The number of carbonyl (C=O) groups is 1. The molecule has 1 fully saturated rings. The Morgan fingerprint density at radius 1 is 1.30 bits per heavy atom. The molecule has 2 aromatic rings. The maximum atomic E-state index is 12.5. The number of nitrogens with one attached hydrogen (secondary N) is 3. The van der Waals surface area contributed by atoms with Gasteiger partial charge in [-0.2, -0.15) is 5.10 Å². The van der Waals surface area contributed by atoms with Crippen molar-refractivity contribution in [2.45, 2.75) is 38.4 Å². The highest BCUT2D eigenvalue weighted by atomic mass is 16.2. The molecule has 23 heavy (non-hydrogen) atoms. The summed E-state index contributed by atoms with van der Waals surface area (Å²) in [5.41, 5.74) is 0.849. The lowest BCUT2D eigenvalue weighted by molar-refractivity contribution is -0.128. The molecule has 1 aromatic carbocycles. The molecule has 3 rings (SSSR count). The molecule has 0 spiro atoms. The predicted octanol–water partition coefficient (Wildman–Crippen LogP) is 0.769. The van der Waals surface area contributed by atoms with Crippen molar-refractivity contribution in [3.63, 3.8) is 0 Å². The third-order valence-corrected chi connectivity index (χ3v) is 4.13. The molecular weight excluding hydrogens is 294 g/mol. The SMILES string of the molecule is O=C(NCc1n[nH]c(=O)[nH]1)C1CCCCN1Cc1ccccc1. The molecule has 1 unspecified atom stereocenters. The number of rotatable bonds is 5. The number of piperidine rings is 1. The van der Waals surface area contributed by atoms with Crippen molar-refractivity contribution < 1.29 is 4.79 Å². The smallest absolute Gasteiger partial charge is 0.340 e. The highest BCUT2D eigenvalue weighted by molar-refractivity contribution is 5.81. The minimum Gasteiger partial charge on any atom is -0.347 e. The first-order valence-corrected chi connectivity index (χ1v) is 7.91. The molecule has 1 aliphatic rings. The van der Waals surface area contributed by atoms with E-state index in [0.29, 0.717) is 5.82 Å². The average Bonchev–Trinajstić information content (AvgIpc) is 3.00. The van der Waals surface area contributed by atoms with Gasteiger partial charge in [-0.05, 0) is 24.9 Å². The predicted molar refractivity (Wildman–Crippen MR) is 85.5 cm³/mol. The van der Waals surface area contributed by atoms with Crippen LogP contribution in [0.3, 0.4) is 0 Å². The first-order valence-electron chi connectivity index (χ1n) is 7.91. The summed E-state index contributed by atoms with van der Waals surface area (Å²) >= 11 is 0. The van der Waals surface area contributed by atoms with Gasteiger partial charge in [0.05, 0.1) is 12.6 Å². The lowest BCUT2D eigenvalue weighted by atomic mass is 10.0. The molecule has 7 nitrogen and oxygen atoms in total. The van der Waals surface area contributed by atoms with Crippen molar-refractivity contribution in [2.24, 2.45) is 0 Å². The van der Waals surface area contributed by atoms with E-state index < -0.39 is 0 Å². The van der Waals surface area contributed by atoms with Gasteiger partial charge in [-0.3, -0.25) is 14.7 Å². The van der Waals surface area contributed by atoms with E-state index >= 15 is 0 Å². The van der Waals surface area contributed by atoms with Crippen LogP contribution in [0.4, 0.5) is 0 Å². The van der Waals surface area contributed by atoms with Crippen LogP contribution in [0.25, 0.3) is 0 Å². The Labute approximate surface area is 134 Å². The largest absolute Gasteiger partial charge is 0.347 e. The van der Waals surface area contributed by atoms with Gasteiger partial charge in [0.1, 0.15) is 5.82 Å². The number of amides is 1. The van der Waals surface area contributed by atoms with Crippen LogP contribution in [0.1, 0.15) is 30.7 Å². The van der Waals surface area contributed by atoms with Crippen LogP contribution in [0.15, 0.2) is 35.1 Å². The normalized spacial score (nSPS) is 18.7. The minimum atomic E-state index is -0.363. The summed E-state index contributed by atoms with van der Waals surface area (Å²) in [6.45, 7) is 1.93. The standard InChI is InChI=1S/C16H21N5O2/c22-15(17-10-14-18-16(23)20-19-14)13-8-4-5-9-21(13)11-12-6-2-1-3-7-12/h1-3,6-7,13H,4-5,8-11H2,(H,17,22)(H2,18,19,20,23). The monoisotopic (exact) mass is 315 g/mol. The van der Waals surface area contributed by atoms with Crippen molar-refractivity contribution >= 4 is 5.91 Å². The maximum absolute atomic E-state index is 12.5. The molecule has 1 amide bonds. The third-order valence-electron chi connectivity index (χ3n) is 4.13. The molecule has 0 bridgehead atoms. The van der Waals surface area contributed by atoms with Gasteiger partial charge in [-0.25, -0.2) is 9.89 Å². The van der Waals surface area contributed by atoms with E-state index in [4.69, 9.17) is 0 Å². The summed E-state index contributed by atoms with van der Waals surface area (Å²) in [4.78, 5) is 28.3. The minimum absolute atomic E-state index is 0.00974. The fourth-order valence-corrected chi connectivity index (χ4v) is 2.97. The third kappa shape index (κ3) is 4.07. The number of aromatic amines is 2. The van der Waals surface area contributed by atoms with Crippen molar-refractivity contribution in [3.8, 4) is 0 Å². The molecule has 0 radical (unpaired) electrons. The molecule has 1 aliphatic heterocycles. The number of benzene rings is 1. The summed E-state index contributed by atoms with van der Waals surface area (Å²) in [6, 6.07) is 10.1. The van der Waals surface area contributed by atoms with E-state index in [-0.39, 0.29) is 24.2 Å². The number of hydrogen-bond donors (Lipinski definition) is 3. The number of likely N-dealkylation sites (tertiary alicyclic amines) is 1. The quantitative estimate of drug-likeness (QED) is 0.759. The van der Waals surface area contributed by atoms with Crippen LogP contribution in [0.2, 0.25) is 0 Å². The lowest BCUT2D eigenvalue weighted by Gasteiger charge is -2.34. The summed E-state index contributed by atoms with van der Waals surface area (Å²) in [6.07, 6.45) is 3.03. The van der Waals surface area contributed by atoms with E-state index in [9.17, 15) is 9.59 Å². The summed E-state index contributed by atoms with van der Waals surface area (Å²) in [5, 5.41) is 8.95. The number of hydrogen-bond acceptors (Lipinski definition) is 4. The van der Waals surface area contributed by atoms with Gasteiger partial charge < -0.3 is 5.32 Å². The molecule has 2 heterocycles. The summed E-state index contributed by atoms with van der Waals surface area (Å²) < 4.78 is 0. The molecule has 1 atom stereocenters. The van der Waals surface area contributed by atoms with Gasteiger partial charge >= 0.3 is 5.69 Å². The molecule has 0 saturated carbocycles. The average molecular weight is 315 g/mol. The zero-order valence-corrected chi connectivity index (χ0v) is 12.9. The van der Waals surface area contributed by atoms with E-state index in [2.05, 4.69) is 37.5 Å². The van der Waals surface area contributed by atoms with Crippen LogP contribution >= 0.6 is 0 Å². The van der Waals surface area contributed by atoms with Gasteiger partial charge in [0.25, 0.3) is 0 Å². The van der Waals surface area contributed by atoms with E-state index in [1.54, 1.807) is 0 Å². The molecule has 122 valence electrons. The Kier molecular flexibility index (Phi) is 4.87. The maximum Gasteiger partial charge on any atom is 0.340 e. The highest BCUT2D eigenvalue weighted by Gasteiger charge is 2.28. The summed E-state index contributed by atoms with van der Waals surface area (Å²) in [7, 11) is 0. The molecule has 7 heteroatoms. The molecule has 1 saturated heterocycles. The fraction of sp³-hybridized carbons (Fsp3) is 0.438. The number of nitrogens with zero attached hydrogens (tertiary/aromatic N) is 2. The Morgan fingerprint density at radius 3 is 2.87 bits per heavy atom. The number of carbonyl (C=O) groups excluding carboxylic acids is 1. The van der Waals surface area contributed by atoms with E-state index in [1.165, 1.54) is 5.56 Å². The van der Waals surface area contributed by atoms with Gasteiger partial charge in [0.15, 0.2) is 0 Å². The molecule has 3 N–H and O–H groups in total. The van der Waals surface area contributed by atoms with Crippen LogP contribution in [-0.2, 0) is 17.9 Å². The van der Waals surface area contributed by atoms with Gasteiger partial charge in [0.2, 0.25) is 5.91 Å². The Balaban J connectivity index is 1.61. The topological polar surface area (TPSA) is 93.9 Å². The Morgan fingerprint density at radius 2 is 2.13 bits per heavy atom. The van der Waals surface area contributed by atoms with Crippen molar-refractivity contribution in [1.82, 2.24) is 25.4 Å². The number of aromatic nitrogens is 3.